The molecular weight excluding hydrogens is 945 g/mol. The van der Waals surface area contributed by atoms with Crippen LogP contribution >= 0.6 is 15.6 Å². The van der Waals surface area contributed by atoms with Gasteiger partial charge in [-0.15, -0.1) is 0 Å². The molecule has 2 rings (SSSR count). The fourth-order valence-electron chi connectivity index (χ4n) is 6.88. The second kappa shape index (κ2) is 37.9. The molecule has 7 atom stereocenters. The molecular formula is C50H81N3O15P2. The molecule has 3 unspecified atom stereocenters. The van der Waals surface area contributed by atoms with Gasteiger partial charge in [0.1, 0.15) is 30.7 Å². The van der Waals surface area contributed by atoms with Crippen molar-refractivity contribution in [2.75, 3.05) is 25.6 Å². The van der Waals surface area contributed by atoms with E-state index in [4.69, 9.17) is 29.0 Å². The zero-order chi connectivity index (χ0) is 51.3. The lowest BCUT2D eigenvalue weighted by atomic mass is 10.1. The number of allylic oxidation sites excluding steroid dienone is 12. The molecule has 0 bridgehead atoms. The Kier molecular flexibility index (Phi) is 33.7. The molecule has 0 spiro atoms. The summed E-state index contributed by atoms with van der Waals surface area (Å²) in [5.41, 5.74) is 4.58. The highest BCUT2D eigenvalue weighted by Crippen LogP contribution is 2.60. The van der Waals surface area contributed by atoms with Crippen molar-refractivity contribution in [1.29, 1.82) is 0 Å². The smallest absolute Gasteiger partial charge is 0.462 e. The van der Waals surface area contributed by atoms with E-state index in [0.717, 1.165) is 75.0 Å². The molecule has 1 aromatic heterocycles. The molecule has 1 aliphatic rings. The number of ether oxygens (including phenoxy) is 3. The summed E-state index contributed by atoms with van der Waals surface area (Å²) in [6, 6.07) is 1.24. The van der Waals surface area contributed by atoms with Gasteiger partial charge in [-0.2, -0.15) is 9.29 Å². The van der Waals surface area contributed by atoms with Crippen molar-refractivity contribution < 1.29 is 66.3 Å². The average molecular weight is 1030 g/mol. The average Bonchev–Trinajstić information content (AvgIpc) is 3.59. The Bertz CT molecular complexity index is 1950. The normalized spacial score (nSPS) is 19.9. The Morgan fingerprint density at radius 3 is 1.79 bits per heavy atom. The standard InChI is InChI=1S/C50H81N3O15P2/c1-3-5-7-9-11-13-15-17-18-19-20-21-22-24-26-28-30-32-34-36-46(55)66-42(39-63-45(54)35-33-31-29-27-25-23-16-14-12-10-8-6-4-2)40-64-69(59,60)68-70(61,62)65-41-43-47(56)48(57)49(67-43)53-38-37-44(51)52-50(53)58/h11,13-14,16-18,20-21,24,26,30,32,37-38,42-43,47-49,56-57H,3-10,12,15,19,22-23,25,27-29,31,33-36,39-41H2,1-2H3,(H,59,60)(H,61,62)(H2,51,52,58)/b13-11-,16-14-,18-17-,21-20-,26-24-,32-30-/t42-,43-,47+,48?,49-/m1/s1. The van der Waals surface area contributed by atoms with Crippen LogP contribution in [0.5, 0.6) is 0 Å². The number of nitrogens with zero attached hydrogens (tertiary/aromatic N) is 2. The van der Waals surface area contributed by atoms with E-state index < -0.39 is 83.7 Å². The van der Waals surface area contributed by atoms with Crippen molar-refractivity contribution in [3.63, 3.8) is 0 Å². The van der Waals surface area contributed by atoms with Gasteiger partial charge in [0.15, 0.2) is 12.3 Å². The molecule has 1 saturated heterocycles. The molecule has 18 nitrogen and oxygen atoms in total. The topological polar surface area (TPSA) is 265 Å². The highest BCUT2D eigenvalue weighted by molar-refractivity contribution is 7.61. The van der Waals surface area contributed by atoms with Crippen LogP contribution < -0.4 is 11.4 Å². The molecule has 1 fully saturated rings. The minimum atomic E-state index is -5.44. The number of aliphatic hydroxyl groups is 2. The summed E-state index contributed by atoms with van der Waals surface area (Å²) in [5, 5.41) is 20.9. The molecule has 2 heterocycles. The van der Waals surface area contributed by atoms with E-state index in [1.807, 2.05) is 24.3 Å². The van der Waals surface area contributed by atoms with Crippen LogP contribution in [0.25, 0.3) is 0 Å². The first kappa shape index (κ1) is 62.3. The van der Waals surface area contributed by atoms with Gasteiger partial charge in [-0.1, -0.05) is 138 Å². The second-order valence-corrected chi connectivity index (χ2v) is 20.0. The highest BCUT2D eigenvalue weighted by atomic mass is 31.3. The molecule has 1 aliphatic heterocycles. The summed E-state index contributed by atoms with van der Waals surface area (Å²) < 4.78 is 56.6. The predicted octanol–water partition coefficient (Wildman–Crippen LogP) is 10.1. The number of anilines is 1. The molecule has 1 aromatic rings. The van der Waals surface area contributed by atoms with Crippen LogP contribution in [-0.4, -0.2) is 85.7 Å². The van der Waals surface area contributed by atoms with Gasteiger partial charge >= 0.3 is 33.3 Å². The number of rotatable bonds is 40. The van der Waals surface area contributed by atoms with Gasteiger partial charge in [-0.05, 0) is 83.1 Å². The van der Waals surface area contributed by atoms with Gasteiger partial charge in [0.2, 0.25) is 0 Å². The van der Waals surface area contributed by atoms with Crippen LogP contribution in [0.1, 0.15) is 161 Å². The number of carbonyl (C=O) groups is 2. The van der Waals surface area contributed by atoms with E-state index >= 15 is 0 Å². The third-order valence-electron chi connectivity index (χ3n) is 10.8. The fourth-order valence-corrected chi connectivity index (χ4v) is 8.99. The van der Waals surface area contributed by atoms with Crippen LogP contribution in [0.3, 0.4) is 0 Å². The monoisotopic (exact) mass is 1030 g/mol. The van der Waals surface area contributed by atoms with E-state index in [9.17, 15) is 43.5 Å². The summed E-state index contributed by atoms with van der Waals surface area (Å²) in [4.78, 5) is 61.8. The van der Waals surface area contributed by atoms with Crippen molar-refractivity contribution >= 4 is 33.4 Å². The van der Waals surface area contributed by atoms with Gasteiger partial charge in [0.05, 0.1) is 13.2 Å². The fraction of sp³-hybridized carbons (Fsp3) is 0.640. The summed E-state index contributed by atoms with van der Waals surface area (Å²) >= 11 is 0. The van der Waals surface area contributed by atoms with Gasteiger partial charge in [-0.25, -0.2) is 13.9 Å². The van der Waals surface area contributed by atoms with Crippen molar-refractivity contribution in [3.05, 3.63) is 95.7 Å². The third kappa shape index (κ3) is 30.2. The molecule has 0 aromatic carbocycles. The number of aromatic nitrogens is 2. The maximum atomic E-state index is 12.8. The van der Waals surface area contributed by atoms with Gasteiger partial charge < -0.3 is 39.9 Å². The molecule has 6 N–H and O–H groups in total. The number of hydrogen-bond acceptors (Lipinski definition) is 15. The Labute approximate surface area is 415 Å². The van der Waals surface area contributed by atoms with Gasteiger partial charge in [0, 0.05) is 19.0 Å². The van der Waals surface area contributed by atoms with Crippen LogP contribution in [0.2, 0.25) is 0 Å². The Morgan fingerprint density at radius 1 is 0.686 bits per heavy atom. The first-order chi connectivity index (χ1) is 33.7. The van der Waals surface area contributed by atoms with Crippen molar-refractivity contribution in [2.45, 2.75) is 186 Å². The summed E-state index contributed by atoms with van der Waals surface area (Å²) in [5.74, 6) is -1.41. The number of nitrogens with two attached hydrogens (primary N) is 1. The number of phosphoric acid groups is 2. The third-order valence-corrected chi connectivity index (χ3v) is 13.4. The van der Waals surface area contributed by atoms with Crippen molar-refractivity contribution in [1.82, 2.24) is 9.55 Å². The quantitative estimate of drug-likeness (QED) is 0.0177. The molecule has 0 aliphatic carbocycles. The molecule has 0 saturated carbocycles. The Balaban J connectivity index is 1.85. The summed E-state index contributed by atoms with van der Waals surface area (Å²) in [6.07, 6.45) is 38.6. The van der Waals surface area contributed by atoms with Crippen LogP contribution in [0, 0.1) is 0 Å². The number of carbonyl (C=O) groups excluding carboxylic acids is 2. The number of unbranched alkanes of at least 4 members (excludes halogenated alkanes) is 12. The van der Waals surface area contributed by atoms with E-state index in [1.54, 1.807) is 0 Å². The van der Waals surface area contributed by atoms with Gasteiger partial charge in [-0.3, -0.25) is 23.2 Å². The number of hydrogen-bond donors (Lipinski definition) is 5. The second-order valence-electron chi connectivity index (χ2n) is 17.0. The van der Waals surface area contributed by atoms with Crippen molar-refractivity contribution in [2.24, 2.45) is 0 Å². The van der Waals surface area contributed by atoms with E-state index in [1.165, 1.54) is 51.0 Å². The Morgan fingerprint density at radius 2 is 1.19 bits per heavy atom. The first-order valence-electron chi connectivity index (χ1n) is 24.9. The van der Waals surface area contributed by atoms with E-state index in [2.05, 4.69) is 71.8 Å². The lowest BCUT2D eigenvalue weighted by Gasteiger charge is -2.21. The zero-order valence-electron chi connectivity index (χ0n) is 41.3. The SMILES string of the molecule is CCCCC/C=C\C/C=C\C/C=C\C/C=C\C/C=C\CCC(=O)O[C@H](COC(=O)CCCCCCC/C=C\CCCCCC)COP(=O)(O)OP(=O)(O)OC[C@H]1O[C@@H](n2ccc(N)nc2=O)C(O)[C@H]1O. The minimum Gasteiger partial charge on any atom is -0.462 e. The maximum Gasteiger partial charge on any atom is 0.481 e. The minimum absolute atomic E-state index is 0.0780. The molecule has 0 amide bonds. The lowest BCUT2D eigenvalue weighted by Crippen LogP contribution is -2.36. The number of esters is 2. The maximum absolute atomic E-state index is 12.8. The first-order valence-corrected chi connectivity index (χ1v) is 27.9. The Hall–Kier alpha value is -3.80. The summed E-state index contributed by atoms with van der Waals surface area (Å²) in [6.45, 7) is 2.02. The van der Waals surface area contributed by atoms with Crippen molar-refractivity contribution in [3.8, 4) is 0 Å². The number of phosphoric ester groups is 2. The molecule has 0 radical (unpaired) electrons. The summed E-state index contributed by atoms with van der Waals surface area (Å²) in [7, 11) is -10.9. The van der Waals surface area contributed by atoms with E-state index in [-0.39, 0.29) is 18.7 Å². The molecule has 70 heavy (non-hydrogen) atoms. The largest absolute Gasteiger partial charge is 0.481 e. The van der Waals surface area contributed by atoms with Gasteiger partial charge in [0.25, 0.3) is 0 Å². The van der Waals surface area contributed by atoms with Crippen LogP contribution in [0.4, 0.5) is 5.82 Å². The molecule has 396 valence electrons. The lowest BCUT2D eigenvalue weighted by molar-refractivity contribution is -0.161. The highest BCUT2D eigenvalue weighted by Gasteiger charge is 2.46. The number of aliphatic hydroxyl groups excluding tert-OH is 2. The van der Waals surface area contributed by atoms with Crippen LogP contribution in [-0.2, 0) is 46.3 Å². The zero-order valence-corrected chi connectivity index (χ0v) is 43.1. The molecule has 20 heteroatoms. The van der Waals surface area contributed by atoms with E-state index in [0.29, 0.717) is 19.3 Å². The number of nitrogen functional groups attached to an aromatic ring is 1. The van der Waals surface area contributed by atoms with Crippen LogP contribution in [0.15, 0.2) is 90.0 Å². The predicted molar refractivity (Wildman–Crippen MR) is 270 cm³/mol.